The molecule has 126 valence electrons. The summed E-state index contributed by atoms with van der Waals surface area (Å²) in [6, 6.07) is -0.371. The van der Waals surface area contributed by atoms with Crippen molar-refractivity contribution in [3.63, 3.8) is 0 Å². The summed E-state index contributed by atoms with van der Waals surface area (Å²) in [5, 5.41) is 0. The number of imide groups is 1. The first-order valence-corrected chi connectivity index (χ1v) is 9.58. The Labute approximate surface area is 135 Å². The quantitative estimate of drug-likeness (QED) is 0.514. The lowest BCUT2D eigenvalue weighted by Gasteiger charge is -2.25. The summed E-state index contributed by atoms with van der Waals surface area (Å²) in [6.07, 6.45) is 5.27. The number of carbonyl (C=O) groups excluding carboxylic acids is 3. The van der Waals surface area contributed by atoms with Gasteiger partial charge in [-0.2, -0.15) is 0 Å². The van der Waals surface area contributed by atoms with Crippen LogP contribution in [0.4, 0.5) is 0 Å². The molecule has 23 heavy (non-hydrogen) atoms. The van der Waals surface area contributed by atoms with E-state index in [-0.39, 0.29) is 53.6 Å². The standard InChI is InChI=1S/C15H20N2O5S/c1-16(10-6-7-23(21,22)9-10)13(18)8-17-14(19)11-4-2-3-5-12(11)15(17)20/h2-3,10-12H,4-9H2,1H3/t10-,11-,12-/m0/s1. The Balaban J connectivity index is 1.66. The number of sulfone groups is 1. The van der Waals surface area contributed by atoms with Crippen molar-refractivity contribution in [2.24, 2.45) is 11.8 Å². The summed E-state index contributed by atoms with van der Waals surface area (Å²) in [4.78, 5) is 39.5. The molecule has 3 aliphatic rings. The summed E-state index contributed by atoms with van der Waals surface area (Å²) in [5.41, 5.74) is 0. The lowest BCUT2D eigenvalue weighted by Crippen LogP contribution is -2.45. The SMILES string of the molecule is CN(C(=O)CN1C(=O)[C@H]2CC=CC[C@@H]2C1=O)[C@H]1CCS(=O)(=O)C1. The topological polar surface area (TPSA) is 91.8 Å². The highest BCUT2D eigenvalue weighted by atomic mass is 32.2. The number of nitrogens with zero attached hydrogens (tertiary/aromatic N) is 2. The molecule has 0 saturated carbocycles. The average Bonchev–Trinajstić information content (AvgIpc) is 3.00. The fourth-order valence-electron chi connectivity index (χ4n) is 3.56. The lowest BCUT2D eigenvalue weighted by molar-refractivity contribution is -0.146. The number of rotatable bonds is 3. The van der Waals surface area contributed by atoms with Gasteiger partial charge in [0.05, 0.1) is 23.3 Å². The molecule has 3 atom stereocenters. The molecule has 0 radical (unpaired) electrons. The van der Waals surface area contributed by atoms with Crippen LogP contribution in [0.3, 0.4) is 0 Å². The zero-order valence-corrected chi connectivity index (χ0v) is 13.8. The molecule has 2 saturated heterocycles. The normalized spacial score (nSPS) is 32.2. The van der Waals surface area contributed by atoms with Crippen LogP contribution in [0.25, 0.3) is 0 Å². The molecule has 2 fully saturated rings. The molecular formula is C15H20N2O5S. The third kappa shape index (κ3) is 2.91. The van der Waals surface area contributed by atoms with Crippen LogP contribution in [0.2, 0.25) is 0 Å². The van der Waals surface area contributed by atoms with E-state index in [0.29, 0.717) is 19.3 Å². The maximum Gasteiger partial charge on any atom is 0.242 e. The largest absolute Gasteiger partial charge is 0.340 e. The van der Waals surface area contributed by atoms with E-state index in [0.717, 1.165) is 4.90 Å². The summed E-state index contributed by atoms with van der Waals surface area (Å²) < 4.78 is 23.0. The van der Waals surface area contributed by atoms with E-state index >= 15 is 0 Å². The molecule has 0 unspecified atom stereocenters. The number of amides is 3. The molecule has 0 aromatic heterocycles. The van der Waals surface area contributed by atoms with Crippen molar-refractivity contribution < 1.29 is 22.8 Å². The molecule has 7 nitrogen and oxygen atoms in total. The Morgan fingerprint density at radius 1 is 1.22 bits per heavy atom. The highest BCUT2D eigenvalue weighted by molar-refractivity contribution is 7.91. The van der Waals surface area contributed by atoms with Gasteiger partial charge in [-0.15, -0.1) is 0 Å². The molecular weight excluding hydrogens is 320 g/mol. The van der Waals surface area contributed by atoms with Crippen molar-refractivity contribution >= 4 is 27.6 Å². The highest BCUT2D eigenvalue weighted by Gasteiger charge is 2.48. The van der Waals surface area contributed by atoms with Gasteiger partial charge >= 0.3 is 0 Å². The first-order chi connectivity index (χ1) is 10.8. The Kier molecular flexibility index (Phi) is 4.03. The van der Waals surface area contributed by atoms with Crippen LogP contribution in [0.1, 0.15) is 19.3 Å². The minimum absolute atomic E-state index is 0.0493. The average molecular weight is 340 g/mol. The number of hydrogen-bond donors (Lipinski definition) is 0. The predicted molar refractivity (Wildman–Crippen MR) is 81.9 cm³/mol. The lowest BCUT2D eigenvalue weighted by atomic mass is 9.85. The van der Waals surface area contributed by atoms with Crippen molar-refractivity contribution in [1.29, 1.82) is 0 Å². The fraction of sp³-hybridized carbons (Fsp3) is 0.667. The molecule has 1 aliphatic carbocycles. The summed E-state index contributed by atoms with van der Waals surface area (Å²) in [5.74, 6) is -1.63. The number of hydrogen-bond acceptors (Lipinski definition) is 5. The van der Waals surface area contributed by atoms with Gasteiger partial charge in [-0.1, -0.05) is 12.2 Å². The second-order valence-electron chi connectivity index (χ2n) is 6.48. The van der Waals surface area contributed by atoms with E-state index in [1.807, 2.05) is 12.2 Å². The van der Waals surface area contributed by atoms with E-state index in [1.165, 1.54) is 11.9 Å². The molecule has 2 aliphatic heterocycles. The van der Waals surface area contributed by atoms with Gasteiger partial charge in [0.2, 0.25) is 17.7 Å². The van der Waals surface area contributed by atoms with Crippen LogP contribution >= 0.6 is 0 Å². The van der Waals surface area contributed by atoms with Crippen LogP contribution in [-0.4, -0.2) is 67.1 Å². The van der Waals surface area contributed by atoms with E-state index in [2.05, 4.69) is 0 Å². The molecule has 0 aromatic rings. The zero-order chi connectivity index (χ0) is 16.8. The number of fused-ring (bicyclic) bond motifs is 1. The van der Waals surface area contributed by atoms with Crippen molar-refractivity contribution in [3.8, 4) is 0 Å². The number of allylic oxidation sites excluding steroid dienone is 2. The minimum Gasteiger partial charge on any atom is -0.340 e. The Morgan fingerprint density at radius 3 is 2.26 bits per heavy atom. The molecule has 3 amide bonds. The zero-order valence-electron chi connectivity index (χ0n) is 13.0. The Hall–Kier alpha value is -1.70. The van der Waals surface area contributed by atoms with E-state index in [9.17, 15) is 22.8 Å². The van der Waals surface area contributed by atoms with Crippen LogP contribution in [-0.2, 0) is 24.2 Å². The van der Waals surface area contributed by atoms with Crippen molar-refractivity contribution in [2.45, 2.75) is 25.3 Å². The number of carbonyl (C=O) groups is 3. The molecule has 3 rings (SSSR count). The van der Waals surface area contributed by atoms with Crippen molar-refractivity contribution in [1.82, 2.24) is 9.80 Å². The van der Waals surface area contributed by atoms with Gasteiger partial charge < -0.3 is 4.90 Å². The van der Waals surface area contributed by atoms with E-state index in [4.69, 9.17) is 0 Å². The van der Waals surface area contributed by atoms with Gasteiger partial charge in [0.25, 0.3) is 0 Å². The van der Waals surface area contributed by atoms with Crippen LogP contribution in [0, 0.1) is 11.8 Å². The van der Waals surface area contributed by atoms with Gasteiger partial charge in [0.15, 0.2) is 9.84 Å². The molecule has 8 heteroatoms. The predicted octanol–water partition coefficient (Wildman–Crippen LogP) is -0.417. The third-order valence-corrected chi connectivity index (χ3v) is 6.79. The van der Waals surface area contributed by atoms with E-state index < -0.39 is 9.84 Å². The molecule has 0 N–H and O–H groups in total. The first kappa shape index (κ1) is 16.2. The summed E-state index contributed by atoms with van der Waals surface area (Å²) in [7, 11) is -1.55. The second kappa shape index (κ2) is 5.74. The first-order valence-electron chi connectivity index (χ1n) is 7.76. The second-order valence-corrected chi connectivity index (χ2v) is 8.71. The van der Waals surface area contributed by atoms with Crippen molar-refractivity contribution in [3.05, 3.63) is 12.2 Å². The maximum absolute atomic E-state index is 12.4. The van der Waals surface area contributed by atoms with Gasteiger partial charge in [-0.05, 0) is 19.3 Å². The monoisotopic (exact) mass is 340 g/mol. The van der Waals surface area contributed by atoms with Gasteiger partial charge in [0.1, 0.15) is 6.54 Å². The highest BCUT2D eigenvalue weighted by Crippen LogP contribution is 2.35. The van der Waals surface area contributed by atoms with Crippen LogP contribution in [0.5, 0.6) is 0 Å². The Bertz CT molecular complexity index is 658. The summed E-state index contributed by atoms with van der Waals surface area (Å²) >= 11 is 0. The van der Waals surface area contributed by atoms with Gasteiger partial charge in [0, 0.05) is 13.1 Å². The molecule has 0 bridgehead atoms. The van der Waals surface area contributed by atoms with Gasteiger partial charge in [-0.3, -0.25) is 19.3 Å². The smallest absolute Gasteiger partial charge is 0.242 e. The van der Waals surface area contributed by atoms with Gasteiger partial charge in [-0.25, -0.2) is 8.42 Å². The summed E-state index contributed by atoms with van der Waals surface area (Å²) in [6.45, 7) is -0.294. The maximum atomic E-state index is 12.4. The Morgan fingerprint density at radius 2 is 1.78 bits per heavy atom. The molecule has 0 aromatic carbocycles. The van der Waals surface area contributed by atoms with E-state index in [1.54, 1.807) is 0 Å². The van der Waals surface area contributed by atoms with Crippen molar-refractivity contribution in [2.75, 3.05) is 25.1 Å². The van der Waals surface area contributed by atoms with Crippen LogP contribution in [0.15, 0.2) is 12.2 Å². The number of likely N-dealkylation sites (N-methyl/N-ethyl adjacent to an activating group) is 1. The molecule has 2 heterocycles. The molecule has 0 spiro atoms. The minimum atomic E-state index is -3.09. The van der Waals surface area contributed by atoms with Crippen LogP contribution < -0.4 is 0 Å². The third-order valence-electron chi connectivity index (χ3n) is 5.04. The fourth-order valence-corrected chi connectivity index (χ4v) is 5.33. The number of likely N-dealkylation sites (tertiary alicyclic amines) is 1.